The molecule has 4 N–H and O–H groups in total. The van der Waals surface area contributed by atoms with E-state index in [9.17, 15) is 37.5 Å². The summed E-state index contributed by atoms with van der Waals surface area (Å²) in [6.07, 6.45) is 9.93. The van der Waals surface area contributed by atoms with Crippen LogP contribution in [0, 0.1) is 41.2 Å². The van der Waals surface area contributed by atoms with Crippen molar-refractivity contribution >= 4 is 67.9 Å². The van der Waals surface area contributed by atoms with Crippen LogP contribution in [0.15, 0.2) is 273 Å². The summed E-state index contributed by atoms with van der Waals surface area (Å²) in [6, 6.07) is 73.4. The molecule has 0 spiro atoms. The Kier molecular flexibility index (Phi) is 52.0. The molecule has 0 atom stereocenters. The maximum atomic E-state index is 12.3. The van der Waals surface area contributed by atoms with Crippen LogP contribution in [0.25, 0.3) is 78.0 Å². The first-order chi connectivity index (χ1) is 51.1. The van der Waals surface area contributed by atoms with Crippen LogP contribution in [0.3, 0.4) is 0 Å². The fourth-order valence-corrected chi connectivity index (χ4v) is 8.42. The van der Waals surface area contributed by atoms with Crippen LogP contribution < -0.4 is 0 Å². The number of fused-ring (bicyclic) bond motifs is 2. The van der Waals surface area contributed by atoms with Gasteiger partial charge in [0.15, 0.2) is 23.1 Å². The smallest absolute Gasteiger partial charge is 0.417 e. The molecule has 12 aromatic rings. The molecule has 7 aromatic carbocycles. The Labute approximate surface area is 735 Å². The Morgan fingerprint density at radius 2 is 0.850 bits per heavy atom. The van der Waals surface area contributed by atoms with Crippen molar-refractivity contribution in [3.63, 3.8) is 0 Å². The molecule has 113 heavy (non-hydrogen) atoms. The van der Waals surface area contributed by atoms with Crippen LogP contribution in [0.4, 0.5) is 13.2 Å². The number of halogens is 5. The van der Waals surface area contributed by atoms with Crippen LogP contribution in [-0.2, 0) is 126 Å². The topological polar surface area (TPSA) is 265 Å². The van der Waals surface area contributed by atoms with Crippen LogP contribution in [0.5, 0.6) is 0 Å². The molecule has 5 heterocycles. The molecular formula is C86H81Cl2F3Ir5N9O8-5. The largest absolute Gasteiger partial charge is 0.512 e. The number of allylic oxidation sites excluding steroid dienone is 8. The number of carbonyl (C=O) groups excluding carboxylic acids is 4. The van der Waals surface area contributed by atoms with Gasteiger partial charge in [-0.3, -0.25) is 39.1 Å². The monoisotopic (exact) mass is 2460 g/mol. The molecule has 12 rings (SSSR count). The summed E-state index contributed by atoms with van der Waals surface area (Å²) >= 11 is 11.2. The predicted octanol–water partition coefficient (Wildman–Crippen LogP) is 21.1. The van der Waals surface area contributed by atoms with Crippen LogP contribution in [0.2, 0.25) is 10.3 Å². The predicted molar refractivity (Wildman–Crippen MR) is 420 cm³/mol. The number of nitrogens with zero attached hydrogens (tertiary/aromatic N) is 9. The molecule has 0 fully saturated rings. The van der Waals surface area contributed by atoms with Gasteiger partial charge in [-0.1, -0.05) is 153 Å². The second-order valence-electron chi connectivity index (χ2n) is 24.9. The molecule has 0 bridgehead atoms. The first kappa shape index (κ1) is 106. The van der Waals surface area contributed by atoms with Gasteiger partial charge in [0.25, 0.3) is 0 Å². The van der Waals surface area contributed by atoms with Crippen molar-refractivity contribution in [1.29, 1.82) is 0 Å². The molecule has 603 valence electrons. The van der Waals surface area contributed by atoms with E-state index in [0.717, 1.165) is 68.2 Å². The number of rotatable bonds is 9. The number of carbonyl (C=O) groups is 4. The van der Waals surface area contributed by atoms with Gasteiger partial charge in [-0.05, 0) is 65.4 Å². The van der Waals surface area contributed by atoms with Gasteiger partial charge in [0.1, 0.15) is 16.1 Å². The van der Waals surface area contributed by atoms with Crippen LogP contribution >= 0.6 is 23.2 Å². The summed E-state index contributed by atoms with van der Waals surface area (Å²) in [4.78, 5) is 62.1. The van der Waals surface area contributed by atoms with Crippen molar-refractivity contribution in [2.45, 2.75) is 89.3 Å². The molecule has 5 aromatic heterocycles. The van der Waals surface area contributed by atoms with Crippen molar-refractivity contribution in [1.82, 2.24) is 45.3 Å². The summed E-state index contributed by atoms with van der Waals surface area (Å²) in [5.74, 6) is 0.638. The molecule has 0 amide bonds. The summed E-state index contributed by atoms with van der Waals surface area (Å²) in [5, 5.41) is 55.4. The molecule has 0 aliphatic rings. The minimum atomic E-state index is -4.34. The summed E-state index contributed by atoms with van der Waals surface area (Å²) in [7, 11) is 0. The Morgan fingerprint density at radius 3 is 1.23 bits per heavy atom. The zero-order valence-corrected chi connectivity index (χ0v) is 76.7. The summed E-state index contributed by atoms with van der Waals surface area (Å²) in [5.41, 5.74) is 5.85. The zero-order chi connectivity index (χ0) is 79.8. The molecule has 5 radical (unpaired) electrons. The van der Waals surface area contributed by atoms with E-state index in [1.807, 2.05) is 151 Å². The van der Waals surface area contributed by atoms with E-state index in [0.29, 0.717) is 21.6 Å². The molecule has 17 nitrogen and oxygen atoms in total. The Balaban J connectivity index is 0. The number of ketones is 4. The molecule has 0 unspecified atom stereocenters. The molecule has 0 saturated heterocycles. The summed E-state index contributed by atoms with van der Waals surface area (Å²) < 4.78 is 36.8. The molecule has 0 aliphatic heterocycles. The number of hydrogen-bond acceptors (Lipinski definition) is 17. The normalized spacial score (nSPS) is 10.7. The first-order valence-corrected chi connectivity index (χ1v) is 33.7. The second kappa shape index (κ2) is 55.5. The number of pyridine rings is 1. The Hall–Kier alpha value is -9.01. The van der Waals surface area contributed by atoms with Crippen molar-refractivity contribution < 1.29 is 153 Å². The molecule has 0 saturated carbocycles. The van der Waals surface area contributed by atoms with Crippen molar-refractivity contribution in [3.8, 4) is 56.4 Å². The van der Waals surface area contributed by atoms with E-state index >= 15 is 0 Å². The standard InChI is InChI=1S/2C14H9N2.C12H7F3N.C11H20O2.2C10H6ClN2.3C5H8O2.5Ir/c1-2-7-12-11(5-1)6-3-8-13(12)14-15-9-4-10-16-14;1-2-4-12-9-13(6-5-11(12)3-1)14-10-15-7-8-16-14;13-12(14,15)10-6-7-11(16-8-10)9-4-2-1-3-5-9;1-10(2,3)8(12)7-9(13)11(4,5)6;2*11-10-7-6-9(12-13-10)8-4-2-1-3-5-8;3*1-4(6)3-5(2)7;;;;;/h1-7,9-10H;1-8,10H;1-4,6-8H;7,12H,1-6H3;2*1-4,6-7H;3*3,6H,1-2H3;;;;;/q3*-1;;2*-1;;;;;;;;. The van der Waals surface area contributed by atoms with Crippen molar-refractivity contribution in [2.75, 3.05) is 0 Å². The minimum Gasteiger partial charge on any atom is -0.512 e. The third kappa shape index (κ3) is 43.2. The van der Waals surface area contributed by atoms with E-state index < -0.39 is 17.2 Å². The second-order valence-corrected chi connectivity index (χ2v) is 25.7. The maximum Gasteiger partial charge on any atom is 0.417 e. The van der Waals surface area contributed by atoms with Gasteiger partial charge >= 0.3 is 6.18 Å². The first-order valence-electron chi connectivity index (χ1n) is 33.0. The third-order valence-corrected chi connectivity index (χ3v) is 13.7. The summed E-state index contributed by atoms with van der Waals surface area (Å²) in [6.45, 7) is 19.7. The molecule has 27 heteroatoms. The van der Waals surface area contributed by atoms with E-state index in [-0.39, 0.29) is 152 Å². The average Bonchev–Trinajstić information content (AvgIpc) is 0.806. The van der Waals surface area contributed by atoms with Gasteiger partial charge in [0.2, 0.25) is 0 Å². The molecule has 0 aliphatic carbocycles. The number of alkyl halides is 3. The Bertz CT molecular complexity index is 4730. The average molecular weight is 2460 g/mol. The number of benzene rings is 7. The van der Waals surface area contributed by atoms with E-state index in [2.05, 4.69) is 106 Å². The number of aliphatic hydroxyl groups excluding tert-OH is 4. The van der Waals surface area contributed by atoms with Crippen LogP contribution in [0.1, 0.15) is 88.6 Å². The van der Waals surface area contributed by atoms with Crippen molar-refractivity contribution in [2.24, 2.45) is 10.8 Å². The fraction of sp³-hybridized carbons (Fsp3) is 0.174. The fourth-order valence-electron chi connectivity index (χ4n) is 8.22. The van der Waals surface area contributed by atoms with Crippen LogP contribution in [-0.4, -0.2) is 88.9 Å². The van der Waals surface area contributed by atoms with Gasteiger partial charge in [0, 0.05) is 190 Å². The number of aromatic nitrogens is 9. The van der Waals surface area contributed by atoms with E-state index in [1.54, 1.807) is 67.4 Å². The van der Waals surface area contributed by atoms with Gasteiger partial charge in [-0.15, -0.1) is 171 Å². The Morgan fingerprint density at radius 1 is 0.398 bits per heavy atom. The maximum absolute atomic E-state index is 12.3. The van der Waals surface area contributed by atoms with Gasteiger partial charge in [-0.2, -0.15) is 23.4 Å². The quantitative estimate of drug-likeness (QED) is 0.0594. The number of hydrogen-bond donors (Lipinski definition) is 4. The van der Waals surface area contributed by atoms with Gasteiger partial charge in [-0.25, -0.2) is 0 Å². The zero-order valence-electron chi connectivity index (χ0n) is 63.2. The molecular weight excluding hydrogens is 2380 g/mol. The van der Waals surface area contributed by atoms with Crippen molar-refractivity contribution in [3.05, 3.63) is 319 Å². The third-order valence-electron chi connectivity index (χ3n) is 13.3. The SMILES string of the molecule is CC(=O)C=C(C)O.CC(=O)C=C(C)O.CC(=O)C=C(C)O.CC(C)(C)C(=O)C=C(O)C(C)(C)C.Clc1ccc(-c2[c-]cccc2)nn1.Clc1ccc(-c2[c-]cccc2)nn1.FC(F)(F)c1ccc(-c2[c-]cccc2)nc1.[Ir].[Ir].[Ir].[Ir].[Ir].[c-]1c(-c2cnccn2)ccc2ccccc12.[c-]1ccc2ccccc2c1-c1ncccn1. The van der Waals surface area contributed by atoms with Gasteiger partial charge < -0.3 is 25.4 Å². The van der Waals surface area contributed by atoms with Gasteiger partial charge in [0.05, 0.1) is 28.7 Å². The number of aliphatic hydroxyl groups is 4. The minimum absolute atomic E-state index is 0. The van der Waals surface area contributed by atoms with E-state index in [1.165, 1.54) is 82.7 Å². The van der Waals surface area contributed by atoms with E-state index in [4.69, 9.17) is 38.5 Å².